The topological polar surface area (TPSA) is 29.3 Å². The first-order chi connectivity index (χ1) is 9.86. The molecule has 0 aliphatic heterocycles. The van der Waals surface area contributed by atoms with Gasteiger partial charge >= 0.3 is 0 Å². The zero-order chi connectivity index (χ0) is 15.6. The van der Waals surface area contributed by atoms with E-state index < -0.39 is 0 Å². The van der Waals surface area contributed by atoms with Crippen molar-refractivity contribution in [3.05, 3.63) is 34.6 Å². The van der Waals surface area contributed by atoms with Gasteiger partial charge < -0.3 is 10.6 Å². The van der Waals surface area contributed by atoms with Crippen LogP contribution in [-0.2, 0) is 6.42 Å². The third-order valence-corrected chi connectivity index (χ3v) is 5.62. The molecule has 1 fully saturated rings. The molecule has 0 radical (unpaired) electrons. The van der Waals surface area contributed by atoms with Gasteiger partial charge in [-0.05, 0) is 63.7 Å². The van der Waals surface area contributed by atoms with E-state index in [0.717, 1.165) is 24.3 Å². The fourth-order valence-electron chi connectivity index (χ4n) is 3.54. The molecule has 1 saturated carbocycles. The molecule has 2 rings (SSSR count). The lowest BCUT2D eigenvalue weighted by atomic mass is 9.71. The Kier molecular flexibility index (Phi) is 5.29. The standard InChI is InChI=1S/C17H26ClFN2/c1-12-7-9-17(10-8-12,21(2)3)15(20)11-13-5-4-6-14(19)16(13)18/h4-6,12,15H,7-11,20H2,1-3H3. The quantitative estimate of drug-likeness (QED) is 0.914. The fourth-order valence-corrected chi connectivity index (χ4v) is 3.75. The molecular formula is C17H26ClFN2. The van der Waals surface area contributed by atoms with Crippen molar-refractivity contribution in [2.24, 2.45) is 11.7 Å². The van der Waals surface area contributed by atoms with Crippen molar-refractivity contribution in [1.82, 2.24) is 4.90 Å². The van der Waals surface area contributed by atoms with E-state index in [1.54, 1.807) is 6.07 Å². The van der Waals surface area contributed by atoms with Crippen molar-refractivity contribution in [3.8, 4) is 0 Å². The van der Waals surface area contributed by atoms with E-state index in [2.05, 4.69) is 25.9 Å². The Morgan fingerprint density at radius 2 is 2.00 bits per heavy atom. The molecule has 0 spiro atoms. The van der Waals surface area contributed by atoms with Crippen molar-refractivity contribution < 1.29 is 4.39 Å². The van der Waals surface area contributed by atoms with Crippen LogP contribution in [0, 0.1) is 11.7 Å². The van der Waals surface area contributed by atoms with Gasteiger partial charge in [-0.3, -0.25) is 0 Å². The molecule has 2 nitrogen and oxygen atoms in total. The van der Waals surface area contributed by atoms with Gasteiger partial charge in [0.05, 0.1) is 5.02 Å². The number of nitrogens with two attached hydrogens (primary N) is 1. The van der Waals surface area contributed by atoms with Crippen LogP contribution in [0.25, 0.3) is 0 Å². The second-order valence-corrected chi connectivity index (χ2v) is 7.08. The summed E-state index contributed by atoms with van der Waals surface area (Å²) in [6.45, 7) is 2.30. The average Bonchev–Trinajstić information content (AvgIpc) is 2.44. The Labute approximate surface area is 132 Å². The van der Waals surface area contributed by atoms with Gasteiger partial charge in [0.25, 0.3) is 0 Å². The summed E-state index contributed by atoms with van der Waals surface area (Å²) in [6, 6.07) is 4.93. The van der Waals surface area contributed by atoms with Gasteiger partial charge in [-0.2, -0.15) is 0 Å². The zero-order valence-electron chi connectivity index (χ0n) is 13.2. The highest BCUT2D eigenvalue weighted by atomic mass is 35.5. The van der Waals surface area contributed by atoms with Crippen molar-refractivity contribution in [2.45, 2.75) is 50.6 Å². The van der Waals surface area contributed by atoms with Crippen LogP contribution in [0.5, 0.6) is 0 Å². The van der Waals surface area contributed by atoms with Crippen LogP contribution in [0.1, 0.15) is 38.2 Å². The molecule has 2 N–H and O–H groups in total. The van der Waals surface area contributed by atoms with Gasteiger partial charge in [0.2, 0.25) is 0 Å². The molecule has 1 aliphatic carbocycles. The van der Waals surface area contributed by atoms with E-state index >= 15 is 0 Å². The Morgan fingerprint density at radius 1 is 1.38 bits per heavy atom. The SMILES string of the molecule is CC1CCC(C(N)Cc2cccc(F)c2Cl)(N(C)C)CC1. The molecule has 1 atom stereocenters. The maximum Gasteiger partial charge on any atom is 0.142 e. The summed E-state index contributed by atoms with van der Waals surface area (Å²) in [4.78, 5) is 2.26. The minimum absolute atomic E-state index is 0.0117. The third-order valence-electron chi connectivity index (χ3n) is 5.19. The monoisotopic (exact) mass is 312 g/mol. The second kappa shape index (κ2) is 6.64. The number of rotatable bonds is 4. The van der Waals surface area contributed by atoms with Crippen LogP contribution in [-0.4, -0.2) is 30.6 Å². The lowest BCUT2D eigenvalue weighted by Crippen LogP contribution is -2.59. The summed E-state index contributed by atoms with van der Waals surface area (Å²) in [6.07, 6.45) is 5.19. The summed E-state index contributed by atoms with van der Waals surface area (Å²) in [5.74, 6) is 0.403. The summed E-state index contributed by atoms with van der Waals surface area (Å²) in [5.41, 5.74) is 7.36. The normalized spacial score (nSPS) is 27.9. The van der Waals surface area contributed by atoms with Crippen LogP contribution < -0.4 is 5.73 Å². The summed E-state index contributed by atoms with van der Waals surface area (Å²) in [5, 5.41) is 0.214. The third kappa shape index (κ3) is 3.41. The van der Waals surface area contributed by atoms with Crippen molar-refractivity contribution in [2.75, 3.05) is 14.1 Å². The maximum atomic E-state index is 13.6. The Bertz CT molecular complexity index is 482. The number of hydrogen-bond acceptors (Lipinski definition) is 2. The Hall–Kier alpha value is -0.640. The molecule has 0 aromatic heterocycles. The molecule has 1 aromatic carbocycles. The number of nitrogens with zero attached hydrogens (tertiary/aromatic N) is 1. The van der Waals surface area contributed by atoms with E-state index in [1.807, 2.05) is 6.07 Å². The van der Waals surface area contributed by atoms with Gasteiger partial charge in [-0.15, -0.1) is 0 Å². The molecule has 118 valence electrons. The van der Waals surface area contributed by atoms with Crippen LogP contribution in [0.4, 0.5) is 4.39 Å². The van der Waals surface area contributed by atoms with Crippen molar-refractivity contribution >= 4 is 11.6 Å². The highest BCUT2D eigenvalue weighted by Gasteiger charge is 2.41. The minimum atomic E-state index is -0.363. The first-order valence-electron chi connectivity index (χ1n) is 7.72. The smallest absolute Gasteiger partial charge is 0.142 e. The van der Waals surface area contributed by atoms with Gasteiger partial charge in [0.15, 0.2) is 0 Å². The average molecular weight is 313 g/mol. The number of halogens is 2. The van der Waals surface area contributed by atoms with E-state index in [-0.39, 0.29) is 22.4 Å². The van der Waals surface area contributed by atoms with Crippen LogP contribution in [0.3, 0.4) is 0 Å². The van der Waals surface area contributed by atoms with Crippen LogP contribution >= 0.6 is 11.6 Å². The molecule has 1 aliphatic rings. The lowest BCUT2D eigenvalue weighted by Gasteiger charge is -2.48. The van der Waals surface area contributed by atoms with Gasteiger partial charge in [-0.1, -0.05) is 30.7 Å². The molecule has 1 aromatic rings. The van der Waals surface area contributed by atoms with E-state index in [9.17, 15) is 4.39 Å². The van der Waals surface area contributed by atoms with E-state index in [0.29, 0.717) is 6.42 Å². The maximum absolute atomic E-state index is 13.6. The summed E-state index contributed by atoms with van der Waals surface area (Å²) < 4.78 is 13.6. The highest BCUT2D eigenvalue weighted by Crippen LogP contribution is 2.38. The largest absolute Gasteiger partial charge is 0.326 e. The molecule has 4 heteroatoms. The van der Waals surface area contributed by atoms with Crippen LogP contribution in [0.15, 0.2) is 18.2 Å². The van der Waals surface area contributed by atoms with Crippen LogP contribution in [0.2, 0.25) is 5.02 Å². The highest BCUT2D eigenvalue weighted by molar-refractivity contribution is 6.31. The Morgan fingerprint density at radius 3 is 2.57 bits per heavy atom. The van der Waals surface area contributed by atoms with Gasteiger partial charge in [-0.25, -0.2) is 4.39 Å². The molecule has 0 bridgehead atoms. The second-order valence-electron chi connectivity index (χ2n) is 6.70. The molecule has 1 unspecified atom stereocenters. The molecule has 0 heterocycles. The number of likely N-dealkylation sites (N-methyl/N-ethyl adjacent to an activating group) is 1. The van der Waals surface area contributed by atoms with E-state index in [4.69, 9.17) is 17.3 Å². The van der Waals surface area contributed by atoms with Crippen molar-refractivity contribution in [1.29, 1.82) is 0 Å². The summed E-state index contributed by atoms with van der Waals surface area (Å²) in [7, 11) is 4.20. The minimum Gasteiger partial charge on any atom is -0.326 e. The predicted molar refractivity (Wildman–Crippen MR) is 87.1 cm³/mol. The van der Waals surface area contributed by atoms with Crippen molar-refractivity contribution in [3.63, 3.8) is 0 Å². The number of benzene rings is 1. The fraction of sp³-hybridized carbons (Fsp3) is 0.647. The predicted octanol–water partition coefficient (Wildman–Crippen LogP) is 3.86. The lowest BCUT2D eigenvalue weighted by molar-refractivity contribution is 0.0568. The molecular weight excluding hydrogens is 287 g/mol. The zero-order valence-corrected chi connectivity index (χ0v) is 14.0. The molecule has 0 amide bonds. The molecule has 0 saturated heterocycles. The van der Waals surface area contributed by atoms with Gasteiger partial charge in [0, 0.05) is 11.6 Å². The molecule has 21 heavy (non-hydrogen) atoms. The first-order valence-corrected chi connectivity index (χ1v) is 8.10. The Balaban J connectivity index is 2.20. The summed E-state index contributed by atoms with van der Waals surface area (Å²) >= 11 is 6.08. The van der Waals surface area contributed by atoms with E-state index in [1.165, 1.54) is 18.9 Å². The van der Waals surface area contributed by atoms with Gasteiger partial charge in [0.1, 0.15) is 5.82 Å². The number of hydrogen-bond donors (Lipinski definition) is 1. The first kappa shape index (κ1) is 16.7.